The van der Waals surface area contributed by atoms with Gasteiger partial charge in [0.05, 0.1) is 0 Å². The van der Waals surface area contributed by atoms with Crippen LogP contribution in [0.5, 0.6) is 0 Å². The Hall–Kier alpha value is -1.31. The molecule has 0 fully saturated rings. The lowest BCUT2D eigenvalue weighted by atomic mass is 9.94. The van der Waals surface area contributed by atoms with E-state index in [1.807, 2.05) is 18.2 Å². The van der Waals surface area contributed by atoms with Crippen LogP contribution in [0.2, 0.25) is 5.02 Å². The standard InChI is InChI=1S/C18H22ClN/c1-13(2)18(15-8-5-4-6-9-15)20-14(3)16-10-7-11-17(19)12-16/h4-14,18,20H,1-3H3. The molecule has 0 aromatic heterocycles. The minimum atomic E-state index is 0.265. The first-order chi connectivity index (χ1) is 9.58. The van der Waals surface area contributed by atoms with E-state index in [1.165, 1.54) is 11.1 Å². The Morgan fingerprint density at radius 2 is 1.50 bits per heavy atom. The first-order valence-electron chi connectivity index (χ1n) is 7.14. The van der Waals surface area contributed by atoms with Gasteiger partial charge in [0.15, 0.2) is 0 Å². The molecule has 2 rings (SSSR count). The van der Waals surface area contributed by atoms with Gasteiger partial charge < -0.3 is 5.32 Å². The van der Waals surface area contributed by atoms with E-state index in [1.54, 1.807) is 0 Å². The SMILES string of the molecule is CC(NC(c1ccccc1)C(C)C)c1cccc(Cl)c1. The van der Waals surface area contributed by atoms with Crippen molar-refractivity contribution in [3.63, 3.8) is 0 Å². The van der Waals surface area contributed by atoms with Gasteiger partial charge in [-0.25, -0.2) is 0 Å². The highest BCUT2D eigenvalue weighted by atomic mass is 35.5. The van der Waals surface area contributed by atoms with Crippen LogP contribution in [0.4, 0.5) is 0 Å². The van der Waals surface area contributed by atoms with E-state index < -0.39 is 0 Å². The molecule has 0 aliphatic rings. The first kappa shape index (κ1) is 15.1. The summed E-state index contributed by atoms with van der Waals surface area (Å²) in [5.74, 6) is 0.527. The number of benzene rings is 2. The number of nitrogens with one attached hydrogen (secondary N) is 1. The molecule has 0 saturated carbocycles. The first-order valence-corrected chi connectivity index (χ1v) is 7.52. The fourth-order valence-corrected chi connectivity index (χ4v) is 2.67. The smallest absolute Gasteiger partial charge is 0.0409 e. The van der Waals surface area contributed by atoms with Gasteiger partial charge in [-0.15, -0.1) is 0 Å². The fourth-order valence-electron chi connectivity index (χ4n) is 2.48. The summed E-state index contributed by atoms with van der Waals surface area (Å²) in [5.41, 5.74) is 2.55. The molecule has 0 spiro atoms. The van der Waals surface area contributed by atoms with Gasteiger partial charge in [-0.05, 0) is 36.1 Å². The van der Waals surface area contributed by atoms with Crippen molar-refractivity contribution < 1.29 is 0 Å². The van der Waals surface area contributed by atoms with Crippen LogP contribution in [0.1, 0.15) is 44.0 Å². The van der Waals surface area contributed by atoms with E-state index in [2.05, 4.69) is 62.5 Å². The van der Waals surface area contributed by atoms with Crippen LogP contribution >= 0.6 is 11.6 Å². The van der Waals surface area contributed by atoms with Crippen LogP contribution < -0.4 is 5.32 Å². The van der Waals surface area contributed by atoms with Gasteiger partial charge in [-0.3, -0.25) is 0 Å². The molecule has 1 nitrogen and oxygen atoms in total. The van der Waals surface area contributed by atoms with E-state index >= 15 is 0 Å². The average molecular weight is 288 g/mol. The van der Waals surface area contributed by atoms with Gasteiger partial charge in [0.2, 0.25) is 0 Å². The second-order valence-corrected chi connectivity index (χ2v) is 6.01. The van der Waals surface area contributed by atoms with Gasteiger partial charge in [0.1, 0.15) is 0 Å². The van der Waals surface area contributed by atoms with Gasteiger partial charge in [0.25, 0.3) is 0 Å². The summed E-state index contributed by atoms with van der Waals surface area (Å²) in [5, 5.41) is 4.51. The number of hydrogen-bond acceptors (Lipinski definition) is 1. The maximum atomic E-state index is 6.08. The summed E-state index contributed by atoms with van der Waals surface area (Å²) >= 11 is 6.08. The van der Waals surface area contributed by atoms with Crippen molar-refractivity contribution in [2.75, 3.05) is 0 Å². The molecule has 106 valence electrons. The third-order valence-electron chi connectivity index (χ3n) is 3.60. The maximum Gasteiger partial charge on any atom is 0.0409 e. The Balaban J connectivity index is 2.17. The zero-order valence-electron chi connectivity index (χ0n) is 12.3. The lowest BCUT2D eigenvalue weighted by Gasteiger charge is -2.27. The molecule has 1 N–H and O–H groups in total. The van der Waals surface area contributed by atoms with Gasteiger partial charge in [-0.2, -0.15) is 0 Å². The third kappa shape index (κ3) is 3.84. The minimum absolute atomic E-state index is 0.265. The normalized spacial score (nSPS) is 14.2. The molecule has 0 heterocycles. The van der Waals surface area contributed by atoms with Crippen molar-refractivity contribution in [2.24, 2.45) is 5.92 Å². The van der Waals surface area contributed by atoms with E-state index in [4.69, 9.17) is 11.6 Å². The Kier molecular flexibility index (Phi) is 5.22. The van der Waals surface area contributed by atoms with Gasteiger partial charge >= 0.3 is 0 Å². The summed E-state index contributed by atoms with van der Waals surface area (Å²) in [7, 11) is 0. The molecule has 0 radical (unpaired) electrons. The molecule has 2 aromatic carbocycles. The molecule has 2 aromatic rings. The predicted molar refractivity (Wildman–Crippen MR) is 87.0 cm³/mol. The molecule has 0 bridgehead atoms. The second kappa shape index (κ2) is 6.92. The molecular formula is C18H22ClN. The van der Waals surface area contributed by atoms with E-state index in [0.29, 0.717) is 12.0 Å². The summed E-state index contributed by atoms with van der Waals surface area (Å²) < 4.78 is 0. The Labute approximate surface area is 127 Å². The van der Waals surface area contributed by atoms with E-state index in [0.717, 1.165) is 5.02 Å². The highest BCUT2D eigenvalue weighted by molar-refractivity contribution is 6.30. The number of hydrogen-bond donors (Lipinski definition) is 1. The quantitative estimate of drug-likeness (QED) is 0.777. The number of rotatable bonds is 5. The van der Waals surface area contributed by atoms with Crippen molar-refractivity contribution in [1.29, 1.82) is 0 Å². The molecule has 0 saturated heterocycles. The maximum absolute atomic E-state index is 6.08. The van der Waals surface area contributed by atoms with Crippen molar-refractivity contribution in [1.82, 2.24) is 5.32 Å². The molecule has 0 aliphatic heterocycles. The van der Waals surface area contributed by atoms with E-state index in [-0.39, 0.29) is 6.04 Å². The van der Waals surface area contributed by atoms with Crippen LogP contribution in [0.3, 0.4) is 0 Å². The Morgan fingerprint density at radius 3 is 2.10 bits per heavy atom. The largest absolute Gasteiger partial charge is 0.303 e. The van der Waals surface area contributed by atoms with Crippen LogP contribution in [0.15, 0.2) is 54.6 Å². The van der Waals surface area contributed by atoms with Crippen LogP contribution in [0.25, 0.3) is 0 Å². The number of halogens is 1. The van der Waals surface area contributed by atoms with Crippen molar-refractivity contribution >= 4 is 11.6 Å². The van der Waals surface area contributed by atoms with Crippen molar-refractivity contribution in [2.45, 2.75) is 32.9 Å². The van der Waals surface area contributed by atoms with Crippen LogP contribution in [-0.2, 0) is 0 Å². The highest BCUT2D eigenvalue weighted by Crippen LogP contribution is 2.26. The lowest BCUT2D eigenvalue weighted by Crippen LogP contribution is -2.28. The molecule has 0 amide bonds. The predicted octanol–water partition coefficient (Wildman–Crippen LogP) is 5.39. The summed E-state index contributed by atoms with van der Waals surface area (Å²) in [4.78, 5) is 0. The fraction of sp³-hybridized carbons (Fsp3) is 0.333. The summed E-state index contributed by atoms with van der Waals surface area (Å²) in [6.45, 7) is 6.68. The second-order valence-electron chi connectivity index (χ2n) is 5.58. The van der Waals surface area contributed by atoms with Crippen molar-refractivity contribution in [3.05, 3.63) is 70.7 Å². The molecule has 20 heavy (non-hydrogen) atoms. The van der Waals surface area contributed by atoms with Crippen LogP contribution in [-0.4, -0.2) is 0 Å². The lowest BCUT2D eigenvalue weighted by molar-refractivity contribution is 0.374. The summed E-state index contributed by atoms with van der Waals surface area (Å²) in [6, 6.07) is 19.3. The zero-order chi connectivity index (χ0) is 14.5. The molecule has 2 heteroatoms. The van der Waals surface area contributed by atoms with Crippen LogP contribution in [0, 0.1) is 5.92 Å². The molecular weight excluding hydrogens is 266 g/mol. The zero-order valence-corrected chi connectivity index (χ0v) is 13.1. The van der Waals surface area contributed by atoms with E-state index in [9.17, 15) is 0 Å². The topological polar surface area (TPSA) is 12.0 Å². The third-order valence-corrected chi connectivity index (χ3v) is 3.84. The molecule has 2 unspecified atom stereocenters. The Bertz CT molecular complexity index is 536. The van der Waals surface area contributed by atoms with Gasteiger partial charge in [0, 0.05) is 17.1 Å². The average Bonchev–Trinajstić information content (AvgIpc) is 2.45. The van der Waals surface area contributed by atoms with Crippen molar-refractivity contribution in [3.8, 4) is 0 Å². The Morgan fingerprint density at radius 1 is 0.850 bits per heavy atom. The minimum Gasteiger partial charge on any atom is -0.303 e. The monoisotopic (exact) mass is 287 g/mol. The molecule has 0 aliphatic carbocycles. The summed E-state index contributed by atoms with van der Waals surface area (Å²) in [6.07, 6.45) is 0. The van der Waals surface area contributed by atoms with Gasteiger partial charge in [-0.1, -0.05) is 67.9 Å². The molecule has 2 atom stereocenters. The highest BCUT2D eigenvalue weighted by Gasteiger charge is 2.18.